The Morgan fingerprint density at radius 2 is 1.94 bits per heavy atom. The van der Waals surface area contributed by atoms with Crippen LogP contribution in [0.1, 0.15) is 41.8 Å². The predicted molar refractivity (Wildman–Crippen MR) is 126 cm³/mol. The van der Waals surface area contributed by atoms with Crippen LogP contribution in [0.15, 0.2) is 53.1 Å². The Bertz CT molecular complexity index is 1110. The van der Waals surface area contributed by atoms with Gasteiger partial charge in [0.15, 0.2) is 0 Å². The van der Waals surface area contributed by atoms with E-state index in [0.29, 0.717) is 44.3 Å². The van der Waals surface area contributed by atoms with Crippen LogP contribution in [-0.2, 0) is 11.3 Å². The molecule has 1 unspecified atom stereocenters. The van der Waals surface area contributed by atoms with E-state index < -0.39 is 5.82 Å². The van der Waals surface area contributed by atoms with E-state index in [0.717, 1.165) is 28.8 Å². The second kappa shape index (κ2) is 10.2. The molecule has 1 aliphatic rings. The first-order valence-corrected chi connectivity index (χ1v) is 11.4. The molecule has 0 saturated carbocycles. The lowest BCUT2D eigenvalue weighted by molar-refractivity contribution is 0.0671. The van der Waals surface area contributed by atoms with Crippen LogP contribution >= 0.6 is 0 Å². The molecule has 33 heavy (non-hydrogen) atoms. The Kier molecular flexibility index (Phi) is 7.08. The van der Waals surface area contributed by atoms with Crippen molar-refractivity contribution in [2.24, 2.45) is 0 Å². The Hall–Kier alpha value is -3.19. The van der Waals surface area contributed by atoms with Crippen molar-refractivity contribution in [3.05, 3.63) is 71.0 Å². The minimum absolute atomic E-state index is 0.0569. The number of ether oxygens (including phenoxy) is 1. The van der Waals surface area contributed by atoms with Crippen molar-refractivity contribution in [3.63, 3.8) is 0 Å². The fraction of sp³-hybridized carbons (Fsp3) is 0.385. The molecule has 0 spiro atoms. The number of rotatable bonds is 7. The summed E-state index contributed by atoms with van der Waals surface area (Å²) in [5.41, 5.74) is 3.96. The van der Waals surface area contributed by atoms with Crippen LogP contribution in [0.2, 0.25) is 0 Å². The zero-order chi connectivity index (χ0) is 23.4. The second-order valence-corrected chi connectivity index (χ2v) is 8.48. The molecule has 4 rings (SSSR count). The number of halogens is 1. The maximum atomic E-state index is 13.9. The molecule has 1 aliphatic heterocycles. The molecule has 0 aliphatic carbocycles. The SMILES string of the molecule is CCC(C)N(Cc1c(-c2cccc(C)c2)noc1N1CCOCC1)C(=O)c1cccc(F)c1. The van der Waals surface area contributed by atoms with Crippen LogP contribution < -0.4 is 4.90 Å². The Morgan fingerprint density at radius 3 is 2.64 bits per heavy atom. The zero-order valence-corrected chi connectivity index (χ0v) is 19.4. The van der Waals surface area contributed by atoms with E-state index in [1.807, 2.05) is 39.0 Å². The molecule has 2 heterocycles. The van der Waals surface area contributed by atoms with Gasteiger partial charge < -0.3 is 19.1 Å². The summed E-state index contributed by atoms with van der Waals surface area (Å²) in [7, 11) is 0. The Labute approximate surface area is 193 Å². The van der Waals surface area contributed by atoms with E-state index in [1.54, 1.807) is 17.0 Å². The van der Waals surface area contributed by atoms with Crippen molar-refractivity contribution in [3.8, 4) is 11.3 Å². The van der Waals surface area contributed by atoms with Crippen LogP contribution in [0.25, 0.3) is 11.3 Å². The molecule has 174 valence electrons. The molecular weight excluding hydrogens is 421 g/mol. The van der Waals surface area contributed by atoms with Gasteiger partial charge in [-0.15, -0.1) is 0 Å². The summed E-state index contributed by atoms with van der Waals surface area (Å²) in [5.74, 6) is 0.0210. The lowest BCUT2D eigenvalue weighted by Gasteiger charge is -2.31. The summed E-state index contributed by atoms with van der Waals surface area (Å²) in [5, 5.41) is 4.43. The number of hydrogen-bond donors (Lipinski definition) is 0. The van der Waals surface area contributed by atoms with Crippen LogP contribution in [0.3, 0.4) is 0 Å². The highest BCUT2D eigenvalue weighted by atomic mass is 19.1. The number of benzene rings is 2. The summed E-state index contributed by atoms with van der Waals surface area (Å²) >= 11 is 0. The number of aryl methyl sites for hydroxylation is 1. The molecule has 0 N–H and O–H groups in total. The van der Waals surface area contributed by atoms with Gasteiger partial charge in [-0.05, 0) is 44.5 Å². The van der Waals surface area contributed by atoms with Gasteiger partial charge in [-0.2, -0.15) is 0 Å². The lowest BCUT2D eigenvalue weighted by Crippen LogP contribution is -2.39. The van der Waals surface area contributed by atoms with E-state index in [2.05, 4.69) is 16.1 Å². The Balaban J connectivity index is 1.76. The molecule has 2 aromatic carbocycles. The minimum atomic E-state index is -0.426. The molecule has 7 heteroatoms. The standard InChI is InChI=1S/C26H30FN3O3/c1-4-19(3)30(25(31)21-9-6-10-22(27)16-21)17-23-24(20-8-5-7-18(2)15-20)28-33-26(23)29-11-13-32-14-12-29/h5-10,15-16,19H,4,11-14,17H2,1-3H3. The van der Waals surface area contributed by atoms with Gasteiger partial charge >= 0.3 is 0 Å². The van der Waals surface area contributed by atoms with Gasteiger partial charge in [0, 0.05) is 30.3 Å². The van der Waals surface area contributed by atoms with E-state index in [4.69, 9.17) is 9.26 Å². The summed E-state index contributed by atoms with van der Waals surface area (Å²) < 4.78 is 25.2. The number of carbonyl (C=O) groups is 1. The third-order valence-corrected chi connectivity index (χ3v) is 6.14. The summed E-state index contributed by atoms with van der Waals surface area (Å²) in [6.07, 6.45) is 0.763. The first-order valence-electron chi connectivity index (χ1n) is 11.4. The maximum Gasteiger partial charge on any atom is 0.254 e. The summed E-state index contributed by atoms with van der Waals surface area (Å²) in [4.78, 5) is 17.4. The van der Waals surface area contributed by atoms with Gasteiger partial charge in [0.2, 0.25) is 5.88 Å². The number of morpholine rings is 1. The second-order valence-electron chi connectivity index (χ2n) is 8.48. The highest BCUT2D eigenvalue weighted by molar-refractivity contribution is 5.94. The van der Waals surface area contributed by atoms with Crippen molar-refractivity contribution in [1.29, 1.82) is 0 Å². The number of amides is 1. The number of carbonyl (C=O) groups excluding carboxylic acids is 1. The van der Waals surface area contributed by atoms with Crippen molar-refractivity contribution in [2.45, 2.75) is 39.8 Å². The average Bonchev–Trinajstić information content (AvgIpc) is 3.26. The van der Waals surface area contributed by atoms with E-state index >= 15 is 0 Å². The molecule has 3 aromatic rings. The Morgan fingerprint density at radius 1 is 1.18 bits per heavy atom. The molecule has 0 radical (unpaired) electrons. The predicted octanol–water partition coefficient (Wildman–Crippen LogP) is 5.07. The van der Waals surface area contributed by atoms with Crippen molar-refractivity contribution >= 4 is 11.8 Å². The number of nitrogens with zero attached hydrogens (tertiary/aromatic N) is 3. The molecule has 1 aromatic heterocycles. The third-order valence-electron chi connectivity index (χ3n) is 6.14. The monoisotopic (exact) mass is 451 g/mol. The first kappa shape index (κ1) is 23.0. The highest BCUT2D eigenvalue weighted by Gasteiger charge is 2.29. The van der Waals surface area contributed by atoms with E-state index in [-0.39, 0.29) is 11.9 Å². The lowest BCUT2D eigenvalue weighted by atomic mass is 10.0. The molecule has 1 amide bonds. The van der Waals surface area contributed by atoms with Gasteiger partial charge in [-0.1, -0.05) is 41.9 Å². The summed E-state index contributed by atoms with van der Waals surface area (Å²) in [6.45, 7) is 8.98. The molecule has 0 bridgehead atoms. The third kappa shape index (κ3) is 5.09. The molecule has 1 saturated heterocycles. The van der Waals surface area contributed by atoms with Crippen LogP contribution in [0, 0.1) is 12.7 Å². The minimum Gasteiger partial charge on any atom is -0.378 e. The quantitative estimate of drug-likeness (QED) is 0.502. The topological polar surface area (TPSA) is 58.8 Å². The van der Waals surface area contributed by atoms with Gasteiger partial charge in [-0.3, -0.25) is 4.79 Å². The highest BCUT2D eigenvalue weighted by Crippen LogP contribution is 2.34. The largest absolute Gasteiger partial charge is 0.378 e. The average molecular weight is 452 g/mol. The molecule has 1 fully saturated rings. The van der Waals surface area contributed by atoms with E-state index in [1.165, 1.54) is 12.1 Å². The number of anilines is 1. The van der Waals surface area contributed by atoms with Crippen molar-refractivity contribution in [1.82, 2.24) is 10.1 Å². The van der Waals surface area contributed by atoms with Crippen molar-refractivity contribution < 1.29 is 18.4 Å². The first-order chi connectivity index (χ1) is 16.0. The van der Waals surface area contributed by atoms with Crippen molar-refractivity contribution in [2.75, 3.05) is 31.2 Å². The number of hydrogen-bond acceptors (Lipinski definition) is 5. The number of aromatic nitrogens is 1. The maximum absolute atomic E-state index is 13.9. The fourth-order valence-corrected chi connectivity index (χ4v) is 4.08. The van der Waals surface area contributed by atoms with Crippen LogP contribution in [-0.4, -0.2) is 48.3 Å². The zero-order valence-electron chi connectivity index (χ0n) is 19.4. The molecule has 1 atom stereocenters. The molecular formula is C26H30FN3O3. The van der Waals surface area contributed by atoms with E-state index in [9.17, 15) is 9.18 Å². The van der Waals surface area contributed by atoms with Gasteiger partial charge in [0.05, 0.1) is 25.3 Å². The molecule has 6 nitrogen and oxygen atoms in total. The van der Waals surface area contributed by atoms with Gasteiger partial charge in [0.1, 0.15) is 11.5 Å². The smallest absolute Gasteiger partial charge is 0.254 e. The van der Waals surface area contributed by atoms with Crippen LogP contribution in [0.4, 0.5) is 10.3 Å². The summed E-state index contributed by atoms with van der Waals surface area (Å²) in [6, 6.07) is 13.9. The normalized spacial score (nSPS) is 14.8. The van der Waals surface area contributed by atoms with Gasteiger partial charge in [0.25, 0.3) is 5.91 Å². The van der Waals surface area contributed by atoms with Crippen LogP contribution in [0.5, 0.6) is 0 Å². The fourth-order valence-electron chi connectivity index (χ4n) is 4.08. The van der Waals surface area contributed by atoms with Gasteiger partial charge in [-0.25, -0.2) is 4.39 Å².